The Labute approximate surface area is 583 Å². The van der Waals surface area contributed by atoms with Gasteiger partial charge < -0.3 is 138 Å². The lowest BCUT2D eigenvalue weighted by atomic mass is 9.33. The van der Waals surface area contributed by atoms with E-state index in [1.807, 2.05) is 0 Å². The van der Waals surface area contributed by atoms with Gasteiger partial charge in [-0.05, 0) is 135 Å². The molecule has 4 saturated carbocycles. The van der Waals surface area contributed by atoms with Crippen LogP contribution in [-0.2, 0) is 71.3 Å². The number of carbonyl (C=O) groups excluding carboxylic acids is 3. The number of benzene rings is 1. The van der Waals surface area contributed by atoms with Gasteiger partial charge in [-0.2, -0.15) is 0 Å². The second kappa shape index (κ2) is 29.4. The maximum atomic E-state index is 16.0. The molecular formula is C70H102O31. The standard InChI is InChI=1S/C70H102O31/c1-29-42(76)47(81)55(98-59-50(84)45(79)43(77)35(26-71)93-59)61(91-29)100-57-52(86)53(96-41(75)17-12-31-10-13-32(90-9)14-11-31)30(2)92-62(57)101-64(89)70-23-22-65(3,4)24-34(70)33-15-16-38-66(5)20-19-40(67(6,28-73)37(66)18-21-68(38,7)69(33,8)25-39(70)74)95-63-56(49(83)48(82)54(97-63)58(87)88)99-60-51(85)46(80)44(78)36(27-72)94-60/h10-15,17,28-30,34-40,42-57,59-63,71-72,74,76-86H,16,18-27H2,1-9H3,(H,87,88). The average molecular weight is 1440 g/mol. The summed E-state index contributed by atoms with van der Waals surface area (Å²) in [4.78, 5) is 56.3. The summed E-state index contributed by atoms with van der Waals surface area (Å²) in [6.45, 7) is 13.5. The Morgan fingerprint density at radius 1 is 0.564 bits per heavy atom. The molecule has 5 saturated heterocycles. The molecule has 5 aliphatic carbocycles. The molecular weight excluding hydrogens is 1340 g/mol. The van der Waals surface area contributed by atoms with Crippen molar-refractivity contribution in [1.82, 2.24) is 0 Å². The van der Waals surface area contributed by atoms with E-state index in [0.29, 0.717) is 49.8 Å². The van der Waals surface area contributed by atoms with Crippen LogP contribution in [0.3, 0.4) is 0 Å². The number of carboxylic acids is 1. The molecule has 35 unspecified atom stereocenters. The molecule has 10 aliphatic rings. The zero-order chi connectivity index (χ0) is 73.7. The summed E-state index contributed by atoms with van der Waals surface area (Å²) >= 11 is 0. The van der Waals surface area contributed by atoms with Crippen LogP contribution >= 0.6 is 0 Å². The van der Waals surface area contributed by atoms with Crippen molar-refractivity contribution in [3.8, 4) is 5.75 Å². The molecule has 1 aromatic rings. The van der Waals surface area contributed by atoms with E-state index in [4.69, 9.17) is 56.8 Å². The number of aliphatic hydroxyl groups is 14. The monoisotopic (exact) mass is 1440 g/mol. The molecule has 0 radical (unpaired) electrons. The van der Waals surface area contributed by atoms with E-state index >= 15 is 4.79 Å². The lowest BCUT2D eigenvalue weighted by Gasteiger charge is -2.71. The van der Waals surface area contributed by atoms with Crippen LogP contribution in [0.2, 0.25) is 0 Å². The number of esters is 2. The predicted molar refractivity (Wildman–Crippen MR) is 341 cm³/mol. The average Bonchev–Trinajstić information content (AvgIpc) is 0.671. The minimum absolute atomic E-state index is 0.0423. The lowest BCUT2D eigenvalue weighted by Crippen LogP contribution is -2.69. The summed E-state index contributed by atoms with van der Waals surface area (Å²) in [7, 11) is 1.50. The van der Waals surface area contributed by atoms with Gasteiger partial charge in [-0.1, -0.05) is 65.3 Å². The largest absolute Gasteiger partial charge is 0.497 e. The van der Waals surface area contributed by atoms with Gasteiger partial charge in [0.25, 0.3) is 0 Å². The molecule has 31 nitrogen and oxygen atoms in total. The van der Waals surface area contributed by atoms with Crippen molar-refractivity contribution in [2.24, 2.45) is 50.2 Å². The van der Waals surface area contributed by atoms with Crippen molar-refractivity contribution in [3.63, 3.8) is 0 Å². The van der Waals surface area contributed by atoms with Gasteiger partial charge in [0.15, 0.2) is 43.5 Å². The lowest BCUT2D eigenvalue weighted by molar-refractivity contribution is -0.388. The van der Waals surface area contributed by atoms with Gasteiger partial charge in [-0.3, -0.25) is 4.79 Å². The number of fused-ring (bicyclic) bond motifs is 7. The predicted octanol–water partition coefficient (Wildman–Crippen LogP) is -1.64. The van der Waals surface area contributed by atoms with Crippen molar-refractivity contribution in [1.29, 1.82) is 0 Å². The first-order valence-electron chi connectivity index (χ1n) is 34.9. The fraction of sp³-hybridized carbons (Fsp3) is 0.800. The number of hydrogen-bond acceptors (Lipinski definition) is 30. The number of carbonyl (C=O) groups is 4. The number of methoxy groups -OCH3 is 1. The quantitative estimate of drug-likeness (QED) is 0.0258. The smallest absolute Gasteiger partial charge is 0.335 e. The molecule has 1 aromatic carbocycles. The second-order valence-corrected chi connectivity index (χ2v) is 31.4. The Morgan fingerprint density at radius 3 is 1.70 bits per heavy atom. The van der Waals surface area contributed by atoms with Gasteiger partial charge in [-0.25, -0.2) is 9.59 Å². The SMILES string of the molecule is COc1ccc(C=CC(=O)OC2C(C)OC(OC(=O)C34CCC(C)(C)CC3C3=CCC5C6(C)CCC(OC7OC(C(=O)O)C(O)C(O)C7OC7OC(CO)C(O)C(O)C7O)C(C)(C=O)C6CCC5(C)C3(C)CC4O)C(OC3OC(C)C(O)C(O)C3OC3OC(CO)C(O)C(O)C3O)C2O)cc1. The minimum Gasteiger partial charge on any atom is -0.497 e. The van der Waals surface area contributed by atoms with Crippen LogP contribution in [0.25, 0.3) is 6.08 Å². The van der Waals surface area contributed by atoms with E-state index in [2.05, 4.69) is 40.7 Å². The van der Waals surface area contributed by atoms with Crippen LogP contribution in [-0.4, -0.2) is 287 Å². The third-order valence-corrected chi connectivity index (χ3v) is 25.2. The molecule has 35 atom stereocenters. The second-order valence-electron chi connectivity index (χ2n) is 31.4. The van der Waals surface area contributed by atoms with Gasteiger partial charge in [0.05, 0.1) is 50.2 Å². The number of rotatable bonds is 18. The third kappa shape index (κ3) is 13.6. The molecule has 9 fully saturated rings. The number of aliphatic carboxylic acids is 1. The van der Waals surface area contributed by atoms with E-state index < -0.39 is 241 Å². The summed E-state index contributed by atoms with van der Waals surface area (Å²) in [5, 5.41) is 166. The van der Waals surface area contributed by atoms with E-state index in [-0.39, 0.29) is 25.2 Å². The van der Waals surface area contributed by atoms with Crippen LogP contribution in [0.1, 0.15) is 119 Å². The summed E-state index contributed by atoms with van der Waals surface area (Å²) < 4.78 is 72.2. The van der Waals surface area contributed by atoms with Crippen molar-refractivity contribution in [2.45, 2.75) is 279 Å². The van der Waals surface area contributed by atoms with Gasteiger partial charge >= 0.3 is 17.9 Å². The summed E-state index contributed by atoms with van der Waals surface area (Å²) in [5.74, 6) is -4.29. The first-order valence-corrected chi connectivity index (χ1v) is 34.9. The maximum absolute atomic E-state index is 16.0. The summed E-state index contributed by atoms with van der Waals surface area (Å²) in [5.41, 5.74) is -4.09. The van der Waals surface area contributed by atoms with E-state index in [0.717, 1.165) is 17.9 Å². The Bertz CT molecular complexity index is 3170. The summed E-state index contributed by atoms with van der Waals surface area (Å²) in [6, 6.07) is 6.72. The topological polar surface area (TPSA) is 482 Å². The molecule has 568 valence electrons. The van der Waals surface area contributed by atoms with Gasteiger partial charge in [0.2, 0.25) is 6.29 Å². The Balaban J connectivity index is 0.884. The number of aliphatic hydroxyl groups excluding tert-OH is 14. The third-order valence-electron chi connectivity index (χ3n) is 25.2. The van der Waals surface area contributed by atoms with E-state index in [9.17, 15) is 91.0 Å². The highest BCUT2D eigenvalue weighted by atomic mass is 16.8. The Kier molecular flexibility index (Phi) is 22.7. The number of ether oxygens (including phenoxy) is 12. The van der Waals surface area contributed by atoms with Crippen molar-refractivity contribution >= 4 is 30.3 Å². The maximum Gasteiger partial charge on any atom is 0.335 e. The van der Waals surface area contributed by atoms with Crippen LogP contribution < -0.4 is 4.74 Å². The van der Waals surface area contributed by atoms with Crippen LogP contribution in [0.5, 0.6) is 5.75 Å². The Morgan fingerprint density at radius 2 is 1.13 bits per heavy atom. The molecule has 0 spiro atoms. The van der Waals surface area contributed by atoms with Gasteiger partial charge in [-0.15, -0.1) is 0 Å². The van der Waals surface area contributed by atoms with Gasteiger partial charge in [0.1, 0.15) is 109 Å². The van der Waals surface area contributed by atoms with Gasteiger partial charge in [0, 0.05) is 6.08 Å². The summed E-state index contributed by atoms with van der Waals surface area (Å²) in [6.07, 6.45) is -39.6. The normalized spacial score (nSPS) is 49.7. The number of hydrogen-bond donors (Lipinski definition) is 15. The highest BCUT2D eigenvalue weighted by Gasteiger charge is 2.73. The van der Waals surface area contributed by atoms with E-state index in [1.165, 1.54) is 27.0 Å². The van der Waals surface area contributed by atoms with Crippen molar-refractivity contribution in [3.05, 3.63) is 47.6 Å². The molecule has 0 aromatic heterocycles. The zero-order valence-corrected chi connectivity index (χ0v) is 58.0. The van der Waals surface area contributed by atoms with Crippen LogP contribution in [0.4, 0.5) is 0 Å². The molecule has 15 N–H and O–H groups in total. The fourth-order valence-electron chi connectivity index (χ4n) is 19.0. The van der Waals surface area contributed by atoms with E-state index in [1.54, 1.807) is 31.2 Å². The molecule has 0 amide bonds. The molecule has 5 aliphatic heterocycles. The first-order chi connectivity index (χ1) is 47.5. The van der Waals surface area contributed by atoms with Crippen molar-refractivity contribution in [2.75, 3.05) is 20.3 Å². The first kappa shape index (κ1) is 77.8. The highest BCUT2D eigenvalue weighted by Crippen LogP contribution is 2.76. The Hall–Kier alpha value is -4.34. The molecule has 101 heavy (non-hydrogen) atoms. The molecule has 0 bridgehead atoms. The van der Waals surface area contributed by atoms with Crippen molar-refractivity contribution < 1.29 is 153 Å². The number of allylic oxidation sites excluding steroid dienone is 2. The van der Waals surface area contributed by atoms with Crippen LogP contribution in [0.15, 0.2) is 42.0 Å². The fourth-order valence-corrected chi connectivity index (χ4v) is 19.0. The molecule has 11 rings (SSSR count). The molecule has 5 heterocycles. The zero-order valence-electron chi connectivity index (χ0n) is 58.0. The minimum atomic E-state index is -2.12. The highest BCUT2D eigenvalue weighted by molar-refractivity contribution is 5.87. The number of carboxylic acid groups (broad SMARTS) is 1. The number of aldehydes is 1. The molecule has 31 heteroatoms. The van der Waals surface area contributed by atoms with Crippen LogP contribution in [0, 0.1) is 50.2 Å².